The number of anilines is 1. The normalized spacial score (nSPS) is 19.7. The highest BCUT2D eigenvalue weighted by molar-refractivity contribution is 5.59. The van der Waals surface area contributed by atoms with Crippen LogP contribution in [0.2, 0.25) is 0 Å². The fourth-order valence-electron chi connectivity index (χ4n) is 2.77. The van der Waals surface area contributed by atoms with Gasteiger partial charge in [0.1, 0.15) is 0 Å². The molecule has 2 nitrogen and oxygen atoms in total. The van der Waals surface area contributed by atoms with Crippen molar-refractivity contribution >= 4 is 5.69 Å². The minimum Gasteiger partial charge on any atom is -0.392 e. The second-order valence-corrected chi connectivity index (χ2v) is 5.11. The maximum atomic E-state index is 9.18. The Hall–Kier alpha value is -1.02. The van der Waals surface area contributed by atoms with Crippen LogP contribution < -0.4 is 4.90 Å². The molecular weight excluding hydrogens is 198 g/mol. The van der Waals surface area contributed by atoms with Gasteiger partial charge in [-0.1, -0.05) is 18.6 Å². The van der Waals surface area contributed by atoms with E-state index in [1.807, 2.05) is 6.07 Å². The van der Waals surface area contributed by atoms with E-state index in [0.717, 1.165) is 11.5 Å². The van der Waals surface area contributed by atoms with E-state index in [2.05, 4.69) is 17.0 Å². The van der Waals surface area contributed by atoms with Gasteiger partial charge in [-0.15, -0.1) is 0 Å². The first-order valence-corrected chi connectivity index (χ1v) is 6.34. The molecule has 1 aromatic carbocycles. The Morgan fingerprint density at radius 1 is 1.31 bits per heavy atom. The Labute approximate surface area is 96.9 Å². The summed E-state index contributed by atoms with van der Waals surface area (Å²) in [5.41, 5.74) is 3.87. The first-order chi connectivity index (χ1) is 7.86. The van der Waals surface area contributed by atoms with Gasteiger partial charge >= 0.3 is 0 Å². The van der Waals surface area contributed by atoms with Gasteiger partial charge in [0.05, 0.1) is 6.61 Å². The number of aliphatic hydroxyl groups excluding tert-OH is 1. The van der Waals surface area contributed by atoms with Crippen LogP contribution in [0.5, 0.6) is 0 Å². The second kappa shape index (κ2) is 4.10. The monoisotopic (exact) mass is 217 g/mol. The molecule has 1 saturated carbocycles. The number of benzene rings is 1. The predicted molar refractivity (Wildman–Crippen MR) is 65.6 cm³/mol. The highest BCUT2D eigenvalue weighted by Gasteiger charge is 2.25. The van der Waals surface area contributed by atoms with Gasteiger partial charge in [0.25, 0.3) is 0 Å². The van der Waals surface area contributed by atoms with Gasteiger partial charge in [-0.05, 0) is 42.4 Å². The van der Waals surface area contributed by atoms with Crippen molar-refractivity contribution in [2.24, 2.45) is 5.92 Å². The Kier molecular flexibility index (Phi) is 2.60. The van der Waals surface area contributed by atoms with Gasteiger partial charge in [-0.3, -0.25) is 0 Å². The SMILES string of the molecule is OCc1ccc2c(c1)N(CC1CCC1)CC2. The summed E-state index contributed by atoms with van der Waals surface area (Å²) in [6.45, 7) is 2.55. The molecule has 0 unspecified atom stereocenters. The van der Waals surface area contributed by atoms with Crippen LogP contribution in [0.25, 0.3) is 0 Å². The largest absolute Gasteiger partial charge is 0.392 e. The minimum atomic E-state index is 0.157. The molecule has 0 atom stereocenters. The van der Waals surface area contributed by atoms with E-state index in [1.54, 1.807) is 0 Å². The molecule has 0 spiro atoms. The minimum absolute atomic E-state index is 0.157. The first-order valence-electron chi connectivity index (χ1n) is 6.34. The third kappa shape index (κ3) is 1.71. The van der Waals surface area contributed by atoms with Crippen LogP contribution >= 0.6 is 0 Å². The van der Waals surface area contributed by atoms with Gasteiger partial charge in [0.2, 0.25) is 0 Å². The van der Waals surface area contributed by atoms with Crippen molar-refractivity contribution in [3.05, 3.63) is 29.3 Å². The van der Waals surface area contributed by atoms with E-state index in [0.29, 0.717) is 0 Å². The summed E-state index contributed by atoms with van der Waals surface area (Å²) in [6, 6.07) is 6.40. The van der Waals surface area contributed by atoms with Gasteiger partial charge in [-0.25, -0.2) is 0 Å². The number of nitrogens with zero attached hydrogens (tertiary/aromatic N) is 1. The Bertz CT molecular complexity index is 384. The fourth-order valence-corrected chi connectivity index (χ4v) is 2.77. The number of rotatable bonds is 3. The maximum Gasteiger partial charge on any atom is 0.0682 e. The van der Waals surface area contributed by atoms with Crippen molar-refractivity contribution in [2.45, 2.75) is 32.3 Å². The lowest BCUT2D eigenvalue weighted by atomic mass is 9.85. The van der Waals surface area contributed by atoms with E-state index < -0.39 is 0 Å². The standard InChI is InChI=1S/C14H19NO/c16-10-12-4-5-13-6-7-15(14(13)8-12)9-11-2-1-3-11/h4-5,8,11,16H,1-3,6-7,9-10H2. The summed E-state index contributed by atoms with van der Waals surface area (Å²) < 4.78 is 0. The summed E-state index contributed by atoms with van der Waals surface area (Å²) in [5.74, 6) is 0.920. The quantitative estimate of drug-likeness (QED) is 0.840. The van der Waals surface area contributed by atoms with Gasteiger partial charge in [0, 0.05) is 18.8 Å². The molecule has 16 heavy (non-hydrogen) atoms. The van der Waals surface area contributed by atoms with E-state index in [9.17, 15) is 5.11 Å². The van der Waals surface area contributed by atoms with Crippen molar-refractivity contribution in [3.8, 4) is 0 Å². The lowest BCUT2D eigenvalue weighted by molar-refractivity contribution is 0.282. The number of aliphatic hydroxyl groups is 1. The molecule has 2 heteroatoms. The molecule has 3 rings (SSSR count). The smallest absolute Gasteiger partial charge is 0.0682 e. The average molecular weight is 217 g/mol. The van der Waals surface area contributed by atoms with Crippen molar-refractivity contribution < 1.29 is 5.11 Å². The Balaban J connectivity index is 1.79. The number of fused-ring (bicyclic) bond motifs is 1. The summed E-state index contributed by atoms with van der Waals surface area (Å²) in [6.07, 6.45) is 5.41. The van der Waals surface area contributed by atoms with Crippen LogP contribution in [0.15, 0.2) is 18.2 Å². The van der Waals surface area contributed by atoms with E-state index in [-0.39, 0.29) is 6.61 Å². The van der Waals surface area contributed by atoms with E-state index in [4.69, 9.17) is 0 Å². The topological polar surface area (TPSA) is 23.5 Å². The molecule has 1 aliphatic heterocycles. The van der Waals surface area contributed by atoms with Crippen LogP contribution in [-0.2, 0) is 13.0 Å². The van der Waals surface area contributed by atoms with Crippen LogP contribution in [0.4, 0.5) is 5.69 Å². The molecule has 1 aliphatic carbocycles. The highest BCUT2D eigenvalue weighted by Crippen LogP contribution is 2.34. The molecule has 0 amide bonds. The van der Waals surface area contributed by atoms with Crippen molar-refractivity contribution in [1.82, 2.24) is 0 Å². The summed E-state index contributed by atoms with van der Waals surface area (Å²) >= 11 is 0. The molecule has 0 aromatic heterocycles. The van der Waals surface area contributed by atoms with Gasteiger partial charge in [-0.2, -0.15) is 0 Å². The van der Waals surface area contributed by atoms with Crippen LogP contribution in [0.3, 0.4) is 0 Å². The van der Waals surface area contributed by atoms with Crippen LogP contribution in [0.1, 0.15) is 30.4 Å². The summed E-state index contributed by atoms with van der Waals surface area (Å²) in [4.78, 5) is 2.51. The van der Waals surface area contributed by atoms with E-state index >= 15 is 0 Å². The molecule has 1 heterocycles. The van der Waals surface area contributed by atoms with Crippen LogP contribution in [-0.4, -0.2) is 18.2 Å². The summed E-state index contributed by atoms with van der Waals surface area (Å²) in [7, 11) is 0. The second-order valence-electron chi connectivity index (χ2n) is 5.11. The molecule has 0 saturated heterocycles. The fraction of sp³-hybridized carbons (Fsp3) is 0.571. The van der Waals surface area contributed by atoms with Crippen molar-refractivity contribution in [3.63, 3.8) is 0 Å². The zero-order valence-electron chi connectivity index (χ0n) is 9.65. The average Bonchev–Trinajstić information content (AvgIpc) is 2.65. The number of hydrogen-bond acceptors (Lipinski definition) is 2. The molecule has 86 valence electrons. The van der Waals surface area contributed by atoms with Gasteiger partial charge < -0.3 is 10.0 Å². The first kappa shape index (κ1) is 10.2. The molecule has 1 N–H and O–H groups in total. The lowest BCUT2D eigenvalue weighted by Crippen LogP contribution is -2.31. The van der Waals surface area contributed by atoms with Crippen molar-refractivity contribution in [1.29, 1.82) is 0 Å². The maximum absolute atomic E-state index is 9.18. The third-order valence-corrected chi connectivity index (χ3v) is 4.03. The molecule has 0 radical (unpaired) electrons. The molecule has 0 bridgehead atoms. The van der Waals surface area contributed by atoms with Crippen LogP contribution in [0, 0.1) is 5.92 Å². The number of hydrogen-bond donors (Lipinski definition) is 1. The van der Waals surface area contributed by atoms with E-state index in [1.165, 1.54) is 50.0 Å². The molecule has 1 fully saturated rings. The lowest BCUT2D eigenvalue weighted by Gasteiger charge is -2.31. The third-order valence-electron chi connectivity index (χ3n) is 4.03. The molecule has 1 aromatic rings. The Morgan fingerprint density at radius 2 is 2.19 bits per heavy atom. The zero-order valence-corrected chi connectivity index (χ0v) is 9.65. The van der Waals surface area contributed by atoms with Crippen molar-refractivity contribution in [2.75, 3.05) is 18.0 Å². The predicted octanol–water partition coefficient (Wildman–Crippen LogP) is 2.34. The molecular formula is C14H19NO. The highest BCUT2D eigenvalue weighted by atomic mass is 16.3. The van der Waals surface area contributed by atoms with Gasteiger partial charge in [0.15, 0.2) is 0 Å². The molecule has 2 aliphatic rings. The zero-order chi connectivity index (χ0) is 11.0. The summed E-state index contributed by atoms with van der Waals surface area (Å²) in [5, 5.41) is 9.18. The Morgan fingerprint density at radius 3 is 2.88 bits per heavy atom.